The van der Waals surface area contributed by atoms with Gasteiger partial charge in [-0.25, -0.2) is 0 Å². The summed E-state index contributed by atoms with van der Waals surface area (Å²) >= 11 is 0. The van der Waals surface area contributed by atoms with Gasteiger partial charge in [-0.2, -0.15) is 0 Å². The molecule has 0 bridgehead atoms. The predicted molar refractivity (Wildman–Crippen MR) is 60.4 cm³/mol. The first-order chi connectivity index (χ1) is 6.91. The fraction of sp³-hybridized carbons (Fsp3) is 0.917. The molecule has 1 amide bonds. The molecule has 1 atom stereocenters. The van der Waals surface area contributed by atoms with Crippen molar-refractivity contribution in [1.29, 1.82) is 0 Å². The van der Waals surface area contributed by atoms with E-state index in [4.69, 9.17) is 0 Å². The molecule has 88 valence electrons. The van der Waals surface area contributed by atoms with Crippen LogP contribution in [0.15, 0.2) is 0 Å². The molecule has 3 nitrogen and oxygen atoms in total. The SMILES string of the molecule is CC(C)(C)C(O)CNC(=O)C1CCCC1. The molecule has 1 aliphatic carbocycles. The van der Waals surface area contributed by atoms with E-state index in [9.17, 15) is 9.90 Å². The summed E-state index contributed by atoms with van der Waals surface area (Å²) in [6.07, 6.45) is 3.89. The molecule has 1 aliphatic rings. The summed E-state index contributed by atoms with van der Waals surface area (Å²) in [7, 11) is 0. The number of aliphatic hydroxyl groups is 1. The van der Waals surface area contributed by atoms with Crippen molar-refractivity contribution in [2.75, 3.05) is 6.54 Å². The van der Waals surface area contributed by atoms with E-state index in [-0.39, 0.29) is 17.2 Å². The summed E-state index contributed by atoms with van der Waals surface area (Å²) in [5, 5.41) is 12.6. The van der Waals surface area contributed by atoms with Gasteiger partial charge in [-0.15, -0.1) is 0 Å². The quantitative estimate of drug-likeness (QED) is 0.749. The van der Waals surface area contributed by atoms with Gasteiger partial charge in [0.05, 0.1) is 6.10 Å². The van der Waals surface area contributed by atoms with Crippen molar-refractivity contribution < 1.29 is 9.90 Å². The molecule has 3 heteroatoms. The third-order valence-corrected chi connectivity index (χ3v) is 3.20. The smallest absolute Gasteiger partial charge is 0.223 e. The van der Waals surface area contributed by atoms with Gasteiger partial charge in [0.15, 0.2) is 0 Å². The Balaban J connectivity index is 2.27. The minimum absolute atomic E-state index is 0.121. The van der Waals surface area contributed by atoms with Gasteiger partial charge < -0.3 is 10.4 Å². The average Bonchev–Trinajstić information content (AvgIpc) is 2.64. The number of hydrogen-bond acceptors (Lipinski definition) is 2. The average molecular weight is 213 g/mol. The number of amides is 1. The second-order valence-corrected chi connectivity index (χ2v) is 5.61. The fourth-order valence-corrected chi connectivity index (χ4v) is 1.84. The van der Waals surface area contributed by atoms with Crippen LogP contribution < -0.4 is 5.32 Å². The van der Waals surface area contributed by atoms with Crippen molar-refractivity contribution >= 4 is 5.91 Å². The Kier molecular flexibility index (Phi) is 4.14. The van der Waals surface area contributed by atoms with Crippen LogP contribution in [0, 0.1) is 11.3 Å². The summed E-state index contributed by atoms with van der Waals surface area (Å²) < 4.78 is 0. The molecular formula is C12H23NO2. The predicted octanol–water partition coefficient (Wildman–Crippen LogP) is 1.70. The van der Waals surface area contributed by atoms with E-state index < -0.39 is 6.10 Å². The summed E-state index contributed by atoms with van der Waals surface area (Å²) in [6, 6.07) is 0. The van der Waals surface area contributed by atoms with Crippen molar-refractivity contribution in [1.82, 2.24) is 5.32 Å². The van der Waals surface area contributed by atoms with Crippen molar-refractivity contribution in [2.24, 2.45) is 11.3 Å². The second kappa shape index (κ2) is 4.97. The lowest BCUT2D eigenvalue weighted by molar-refractivity contribution is -0.125. The van der Waals surface area contributed by atoms with Crippen molar-refractivity contribution in [3.63, 3.8) is 0 Å². The molecule has 2 N–H and O–H groups in total. The van der Waals surface area contributed by atoms with Crippen LogP contribution >= 0.6 is 0 Å². The van der Waals surface area contributed by atoms with Crippen molar-refractivity contribution in [3.8, 4) is 0 Å². The number of carbonyl (C=O) groups is 1. The highest BCUT2D eigenvalue weighted by molar-refractivity contribution is 5.78. The third-order valence-electron chi connectivity index (χ3n) is 3.20. The second-order valence-electron chi connectivity index (χ2n) is 5.61. The van der Waals surface area contributed by atoms with Gasteiger partial charge in [0.1, 0.15) is 0 Å². The lowest BCUT2D eigenvalue weighted by Gasteiger charge is -2.26. The minimum atomic E-state index is -0.470. The monoisotopic (exact) mass is 213 g/mol. The highest BCUT2D eigenvalue weighted by Crippen LogP contribution is 2.25. The molecular weight excluding hydrogens is 190 g/mol. The van der Waals surface area contributed by atoms with Crippen LogP contribution in [0.2, 0.25) is 0 Å². The topological polar surface area (TPSA) is 49.3 Å². The summed E-state index contributed by atoms with van der Waals surface area (Å²) in [6.45, 7) is 6.29. The molecule has 0 spiro atoms. The number of aliphatic hydroxyl groups excluding tert-OH is 1. The Morgan fingerprint density at radius 3 is 2.40 bits per heavy atom. The molecule has 0 aliphatic heterocycles. The van der Waals surface area contributed by atoms with Crippen molar-refractivity contribution in [2.45, 2.75) is 52.6 Å². The molecule has 0 aromatic carbocycles. The van der Waals surface area contributed by atoms with Gasteiger partial charge in [-0.3, -0.25) is 4.79 Å². The Hall–Kier alpha value is -0.570. The Morgan fingerprint density at radius 2 is 1.93 bits per heavy atom. The number of rotatable bonds is 3. The van der Waals surface area contributed by atoms with E-state index in [2.05, 4.69) is 5.32 Å². The third kappa shape index (κ3) is 3.82. The Labute approximate surface area is 92.3 Å². The zero-order chi connectivity index (χ0) is 11.5. The van der Waals surface area contributed by atoms with E-state index in [1.54, 1.807) is 0 Å². The van der Waals surface area contributed by atoms with Crippen LogP contribution in [-0.2, 0) is 4.79 Å². The van der Waals surface area contributed by atoms with E-state index in [0.717, 1.165) is 12.8 Å². The normalized spacial score (nSPS) is 20.3. The summed E-state index contributed by atoms with van der Waals surface area (Å²) in [5.41, 5.74) is -0.164. The number of nitrogens with one attached hydrogen (secondary N) is 1. The largest absolute Gasteiger partial charge is 0.391 e. The van der Waals surface area contributed by atoms with E-state index in [0.29, 0.717) is 6.54 Å². The molecule has 1 unspecified atom stereocenters. The van der Waals surface area contributed by atoms with Gasteiger partial charge in [0.2, 0.25) is 5.91 Å². The van der Waals surface area contributed by atoms with Gasteiger partial charge in [-0.05, 0) is 18.3 Å². The molecule has 1 saturated carbocycles. The zero-order valence-corrected chi connectivity index (χ0v) is 10.0. The lowest BCUT2D eigenvalue weighted by atomic mass is 9.89. The Morgan fingerprint density at radius 1 is 1.40 bits per heavy atom. The van der Waals surface area contributed by atoms with Gasteiger partial charge in [0, 0.05) is 12.5 Å². The van der Waals surface area contributed by atoms with Crippen LogP contribution in [0.3, 0.4) is 0 Å². The molecule has 1 fully saturated rings. The maximum atomic E-state index is 11.7. The highest BCUT2D eigenvalue weighted by Gasteiger charge is 2.26. The van der Waals surface area contributed by atoms with Gasteiger partial charge >= 0.3 is 0 Å². The maximum Gasteiger partial charge on any atom is 0.223 e. The van der Waals surface area contributed by atoms with Crippen molar-refractivity contribution in [3.05, 3.63) is 0 Å². The molecule has 0 radical (unpaired) electrons. The minimum Gasteiger partial charge on any atom is -0.391 e. The van der Waals surface area contributed by atoms with Crippen LogP contribution in [-0.4, -0.2) is 23.7 Å². The first kappa shape index (κ1) is 12.5. The first-order valence-electron chi connectivity index (χ1n) is 5.87. The summed E-state index contributed by atoms with van der Waals surface area (Å²) in [5.74, 6) is 0.313. The highest BCUT2D eigenvalue weighted by atomic mass is 16.3. The molecule has 0 aromatic heterocycles. The molecule has 15 heavy (non-hydrogen) atoms. The van der Waals surface area contributed by atoms with E-state index in [1.165, 1.54) is 12.8 Å². The number of hydrogen-bond donors (Lipinski definition) is 2. The number of carbonyl (C=O) groups excluding carboxylic acids is 1. The van der Waals surface area contributed by atoms with Crippen LogP contribution in [0.5, 0.6) is 0 Å². The molecule has 0 aromatic rings. The van der Waals surface area contributed by atoms with Crippen LogP contribution in [0.25, 0.3) is 0 Å². The van der Waals surface area contributed by atoms with Gasteiger partial charge in [-0.1, -0.05) is 33.6 Å². The molecule has 1 rings (SSSR count). The molecule has 0 heterocycles. The lowest BCUT2D eigenvalue weighted by Crippen LogP contribution is -2.41. The fourth-order valence-electron chi connectivity index (χ4n) is 1.84. The Bertz CT molecular complexity index is 214. The maximum absolute atomic E-state index is 11.7. The standard InChI is InChI=1S/C12H23NO2/c1-12(2,3)10(14)8-13-11(15)9-6-4-5-7-9/h9-10,14H,4-8H2,1-3H3,(H,13,15). The van der Waals surface area contributed by atoms with Crippen LogP contribution in [0.4, 0.5) is 0 Å². The van der Waals surface area contributed by atoms with Crippen LogP contribution in [0.1, 0.15) is 46.5 Å². The van der Waals surface area contributed by atoms with E-state index in [1.807, 2.05) is 20.8 Å². The summed E-state index contributed by atoms with van der Waals surface area (Å²) in [4.78, 5) is 11.7. The molecule has 0 saturated heterocycles. The van der Waals surface area contributed by atoms with E-state index >= 15 is 0 Å². The zero-order valence-electron chi connectivity index (χ0n) is 10.0. The van der Waals surface area contributed by atoms with Gasteiger partial charge in [0.25, 0.3) is 0 Å². The first-order valence-corrected chi connectivity index (χ1v) is 5.87.